The lowest BCUT2D eigenvalue weighted by atomic mass is 10.1. The first-order valence-electron chi connectivity index (χ1n) is 7.20. The Morgan fingerprint density at radius 1 is 1.00 bits per heavy atom. The van der Waals surface area contributed by atoms with Crippen LogP contribution in [0.4, 0.5) is 0 Å². The summed E-state index contributed by atoms with van der Waals surface area (Å²) in [6.45, 7) is 4.19. The summed E-state index contributed by atoms with van der Waals surface area (Å²) in [5, 5.41) is 0. The molecule has 1 heterocycles. The van der Waals surface area contributed by atoms with Crippen LogP contribution in [0.2, 0.25) is 0 Å². The van der Waals surface area contributed by atoms with E-state index in [0.29, 0.717) is 31.7 Å². The molecule has 1 aromatic heterocycles. The van der Waals surface area contributed by atoms with E-state index in [0.717, 1.165) is 18.4 Å². The van der Waals surface area contributed by atoms with E-state index in [1.54, 1.807) is 26.2 Å². The van der Waals surface area contributed by atoms with Gasteiger partial charge >= 0.3 is 11.9 Å². The minimum atomic E-state index is -0.244. The molecule has 0 unspecified atom stereocenters. The summed E-state index contributed by atoms with van der Waals surface area (Å²) in [7, 11) is 0. The maximum Gasteiger partial charge on any atom is 0.306 e. The predicted octanol–water partition coefficient (Wildman–Crippen LogP) is 2.34. The molecule has 21 heavy (non-hydrogen) atoms. The molecule has 0 saturated heterocycles. The summed E-state index contributed by atoms with van der Waals surface area (Å²) in [5.74, 6) is 0.262. The number of aryl methyl sites for hydroxylation is 1. The second-order valence-corrected chi connectivity index (χ2v) is 4.66. The van der Waals surface area contributed by atoms with Crippen LogP contribution in [0.5, 0.6) is 0 Å². The van der Waals surface area contributed by atoms with Crippen molar-refractivity contribution in [2.45, 2.75) is 52.6 Å². The van der Waals surface area contributed by atoms with Gasteiger partial charge in [-0.15, -0.1) is 0 Å². The van der Waals surface area contributed by atoms with Crippen molar-refractivity contribution in [3.63, 3.8) is 0 Å². The first kappa shape index (κ1) is 17.1. The number of nitrogens with zero attached hydrogens (tertiary/aromatic N) is 2. The lowest BCUT2D eigenvalue weighted by Gasteiger charge is -2.05. The number of aromatic nitrogens is 2. The van der Waals surface area contributed by atoms with Gasteiger partial charge in [0.05, 0.1) is 6.61 Å². The molecule has 0 aliphatic rings. The zero-order valence-corrected chi connectivity index (χ0v) is 12.6. The van der Waals surface area contributed by atoms with Crippen LogP contribution in [0.1, 0.15) is 50.4 Å². The Labute approximate surface area is 124 Å². The van der Waals surface area contributed by atoms with Gasteiger partial charge in [-0.2, -0.15) is 0 Å². The maximum atomic E-state index is 11.5. The van der Waals surface area contributed by atoms with Gasteiger partial charge in [0.2, 0.25) is 0 Å². The van der Waals surface area contributed by atoms with Gasteiger partial charge in [0.15, 0.2) is 0 Å². The number of unbranched alkanes of at least 4 members (excludes halogenated alkanes) is 2. The number of ether oxygens (including phenoxy) is 2. The van der Waals surface area contributed by atoms with Crippen LogP contribution in [0.15, 0.2) is 12.4 Å². The molecule has 6 nitrogen and oxygen atoms in total. The first-order valence-corrected chi connectivity index (χ1v) is 7.20. The summed E-state index contributed by atoms with van der Waals surface area (Å²) in [4.78, 5) is 30.7. The van der Waals surface area contributed by atoms with Crippen molar-refractivity contribution < 1.29 is 19.1 Å². The number of hydrogen-bond donors (Lipinski definition) is 0. The highest BCUT2D eigenvalue weighted by Gasteiger charge is 2.05. The van der Waals surface area contributed by atoms with E-state index >= 15 is 0 Å². The van der Waals surface area contributed by atoms with Gasteiger partial charge in [-0.05, 0) is 26.7 Å². The molecule has 0 atom stereocenters. The predicted molar refractivity (Wildman–Crippen MR) is 76.3 cm³/mol. The number of carbonyl (C=O) groups is 2. The zero-order chi connectivity index (χ0) is 15.5. The summed E-state index contributed by atoms with van der Waals surface area (Å²) in [6.07, 6.45) is 6.31. The van der Waals surface area contributed by atoms with E-state index in [9.17, 15) is 9.59 Å². The van der Waals surface area contributed by atoms with E-state index in [-0.39, 0.29) is 18.5 Å². The van der Waals surface area contributed by atoms with Crippen molar-refractivity contribution in [2.75, 3.05) is 6.61 Å². The molecule has 0 bridgehead atoms. The first-order chi connectivity index (χ1) is 10.1. The zero-order valence-electron chi connectivity index (χ0n) is 12.6. The smallest absolute Gasteiger partial charge is 0.306 e. The van der Waals surface area contributed by atoms with Crippen molar-refractivity contribution >= 4 is 11.9 Å². The van der Waals surface area contributed by atoms with Gasteiger partial charge in [0, 0.05) is 30.8 Å². The molecule has 116 valence electrons. The van der Waals surface area contributed by atoms with E-state index in [1.165, 1.54) is 0 Å². The molecule has 0 radical (unpaired) electrons. The maximum absolute atomic E-state index is 11.5. The minimum absolute atomic E-state index is 0.181. The molecule has 0 aliphatic carbocycles. The molecule has 0 aromatic carbocycles. The number of esters is 2. The summed E-state index contributed by atoms with van der Waals surface area (Å²) in [5.41, 5.74) is 0.774. The Morgan fingerprint density at radius 2 is 1.57 bits per heavy atom. The lowest BCUT2D eigenvalue weighted by molar-refractivity contribution is -0.145. The third-order valence-electron chi connectivity index (χ3n) is 2.80. The van der Waals surface area contributed by atoms with E-state index in [2.05, 4.69) is 9.97 Å². The fraction of sp³-hybridized carbons (Fsp3) is 0.600. The van der Waals surface area contributed by atoms with Crippen molar-refractivity contribution in [1.29, 1.82) is 0 Å². The highest BCUT2D eigenvalue weighted by atomic mass is 16.5. The lowest BCUT2D eigenvalue weighted by Crippen LogP contribution is -2.06. The second-order valence-electron chi connectivity index (χ2n) is 4.66. The Balaban J connectivity index is 2.06. The quantitative estimate of drug-likeness (QED) is 0.514. The molecule has 6 heteroatoms. The van der Waals surface area contributed by atoms with Crippen LogP contribution < -0.4 is 0 Å². The average molecular weight is 294 g/mol. The van der Waals surface area contributed by atoms with Crippen molar-refractivity contribution in [3.05, 3.63) is 23.8 Å². The number of hydrogen-bond acceptors (Lipinski definition) is 6. The molecular weight excluding hydrogens is 272 g/mol. The van der Waals surface area contributed by atoms with Crippen LogP contribution >= 0.6 is 0 Å². The van der Waals surface area contributed by atoms with Crippen LogP contribution in [0.25, 0.3) is 0 Å². The van der Waals surface area contributed by atoms with E-state index < -0.39 is 0 Å². The molecular formula is C15H22N2O4. The standard InChI is InChI=1S/C15H22N2O4/c1-3-20-14(18)7-5-4-6-8-15(19)21-11-13-9-16-12(2)17-10-13/h9-10H,3-8,11H2,1-2H3. The van der Waals surface area contributed by atoms with Crippen LogP contribution in [0, 0.1) is 6.92 Å². The normalized spacial score (nSPS) is 10.2. The van der Waals surface area contributed by atoms with E-state index in [1.807, 2.05) is 0 Å². The van der Waals surface area contributed by atoms with Gasteiger partial charge in [-0.3, -0.25) is 9.59 Å². The third-order valence-corrected chi connectivity index (χ3v) is 2.80. The highest BCUT2D eigenvalue weighted by molar-refractivity contribution is 5.69. The van der Waals surface area contributed by atoms with E-state index in [4.69, 9.17) is 9.47 Å². The average Bonchev–Trinajstić information content (AvgIpc) is 2.46. The Kier molecular flexibility index (Phi) is 8.01. The SMILES string of the molecule is CCOC(=O)CCCCCC(=O)OCc1cnc(C)nc1. The highest BCUT2D eigenvalue weighted by Crippen LogP contribution is 2.06. The van der Waals surface area contributed by atoms with Gasteiger partial charge in [0.1, 0.15) is 12.4 Å². The molecule has 0 fully saturated rings. The molecule has 0 N–H and O–H groups in total. The summed E-state index contributed by atoms with van der Waals surface area (Å²) < 4.78 is 9.95. The molecule has 0 aliphatic heterocycles. The topological polar surface area (TPSA) is 78.4 Å². The largest absolute Gasteiger partial charge is 0.466 e. The van der Waals surface area contributed by atoms with Gasteiger partial charge in [0.25, 0.3) is 0 Å². The van der Waals surface area contributed by atoms with Crippen LogP contribution in [-0.4, -0.2) is 28.5 Å². The van der Waals surface area contributed by atoms with Gasteiger partial charge in [-0.25, -0.2) is 9.97 Å². The van der Waals surface area contributed by atoms with Crippen LogP contribution in [0.3, 0.4) is 0 Å². The van der Waals surface area contributed by atoms with Gasteiger partial charge < -0.3 is 9.47 Å². The molecule has 0 saturated carbocycles. The van der Waals surface area contributed by atoms with Crippen molar-refractivity contribution in [3.8, 4) is 0 Å². The Morgan fingerprint density at radius 3 is 2.14 bits per heavy atom. The fourth-order valence-corrected chi connectivity index (χ4v) is 1.68. The molecule has 1 rings (SSSR count). The molecule has 1 aromatic rings. The minimum Gasteiger partial charge on any atom is -0.466 e. The van der Waals surface area contributed by atoms with Gasteiger partial charge in [-0.1, -0.05) is 6.42 Å². The fourth-order valence-electron chi connectivity index (χ4n) is 1.68. The van der Waals surface area contributed by atoms with Crippen molar-refractivity contribution in [1.82, 2.24) is 9.97 Å². The Hall–Kier alpha value is -1.98. The molecule has 0 spiro atoms. The third kappa shape index (κ3) is 8.02. The van der Waals surface area contributed by atoms with Crippen LogP contribution in [-0.2, 0) is 25.7 Å². The monoisotopic (exact) mass is 294 g/mol. The summed E-state index contributed by atoms with van der Waals surface area (Å²) in [6, 6.07) is 0. The second kappa shape index (κ2) is 9.85. The summed E-state index contributed by atoms with van der Waals surface area (Å²) >= 11 is 0. The Bertz CT molecular complexity index is 445. The van der Waals surface area contributed by atoms with Crippen molar-refractivity contribution in [2.24, 2.45) is 0 Å². The number of rotatable bonds is 9. The molecule has 0 amide bonds. The number of carbonyl (C=O) groups excluding carboxylic acids is 2.